The second-order valence-electron chi connectivity index (χ2n) is 4.39. The van der Waals surface area contributed by atoms with Crippen LogP contribution in [0.3, 0.4) is 0 Å². The molecular weight excluding hydrogens is 276 g/mol. The Morgan fingerprint density at radius 3 is 2.68 bits per heavy atom. The van der Waals surface area contributed by atoms with Gasteiger partial charge in [0.05, 0.1) is 17.9 Å². The van der Waals surface area contributed by atoms with Crippen LogP contribution < -0.4 is 0 Å². The first-order valence-electron chi connectivity index (χ1n) is 6.20. The minimum absolute atomic E-state index is 0.160. The Morgan fingerprint density at radius 1 is 1.21 bits per heavy atom. The highest BCUT2D eigenvalue weighted by atomic mass is 32.2. The summed E-state index contributed by atoms with van der Waals surface area (Å²) in [7, 11) is 0. The van der Waals surface area contributed by atoms with Gasteiger partial charge in [0, 0.05) is 5.75 Å². The van der Waals surface area contributed by atoms with Crippen LogP contribution in [0.5, 0.6) is 0 Å². The maximum atomic E-state index is 12.4. The molecule has 4 heteroatoms. The van der Waals surface area contributed by atoms with Crippen LogP contribution in [0.15, 0.2) is 47.8 Å². The number of ether oxygens (including phenoxy) is 1. The average Bonchev–Trinajstić information content (AvgIpc) is 3.11. The van der Waals surface area contributed by atoms with E-state index in [1.165, 1.54) is 11.3 Å². The zero-order valence-corrected chi connectivity index (χ0v) is 12.0. The van der Waals surface area contributed by atoms with Gasteiger partial charge in [0.2, 0.25) is 0 Å². The van der Waals surface area contributed by atoms with Gasteiger partial charge in [-0.05, 0) is 17.0 Å². The van der Waals surface area contributed by atoms with Crippen molar-refractivity contribution >= 4 is 28.9 Å². The van der Waals surface area contributed by atoms with E-state index in [9.17, 15) is 4.79 Å². The molecule has 1 aliphatic heterocycles. The van der Waals surface area contributed by atoms with Crippen molar-refractivity contribution in [2.45, 2.75) is 11.4 Å². The van der Waals surface area contributed by atoms with E-state index in [2.05, 4.69) is 0 Å². The third-order valence-corrected chi connectivity index (χ3v) is 5.40. The molecule has 1 atom stereocenters. The molecule has 2 aromatic rings. The summed E-state index contributed by atoms with van der Waals surface area (Å²) in [6.45, 7) is 0.706. The van der Waals surface area contributed by atoms with Gasteiger partial charge in [0.25, 0.3) is 0 Å². The van der Waals surface area contributed by atoms with Gasteiger partial charge in [0.1, 0.15) is 4.93 Å². The van der Waals surface area contributed by atoms with Crippen molar-refractivity contribution in [3.8, 4) is 0 Å². The summed E-state index contributed by atoms with van der Waals surface area (Å²) in [4.78, 5) is 12.7. The number of hydrogen-bond acceptors (Lipinski definition) is 4. The Bertz CT molecular complexity index is 543. The molecule has 0 N–H and O–H groups in total. The number of Topliss-reactive ketones (excluding diaryl/α,β-unsaturated/α-hetero) is 1. The summed E-state index contributed by atoms with van der Waals surface area (Å²) in [6.07, 6.45) is 0.405. The van der Waals surface area contributed by atoms with Crippen LogP contribution in [0.4, 0.5) is 0 Å². The van der Waals surface area contributed by atoms with Crippen LogP contribution in [0.25, 0.3) is 0 Å². The van der Waals surface area contributed by atoms with E-state index in [0.717, 1.165) is 16.2 Å². The molecule has 98 valence electrons. The number of benzene rings is 1. The fraction of sp³-hybridized carbons (Fsp3) is 0.267. The van der Waals surface area contributed by atoms with Crippen LogP contribution in [-0.4, -0.2) is 18.1 Å². The minimum Gasteiger partial charge on any atom is -0.359 e. The molecule has 2 nitrogen and oxygen atoms in total. The highest BCUT2D eigenvalue weighted by Crippen LogP contribution is 2.45. The first-order valence-corrected chi connectivity index (χ1v) is 8.07. The van der Waals surface area contributed by atoms with Crippen molar-refractivity contribution in [3.63, 3.8) is 0 Å². The van der Waals surface area contributed by atoms with Crippen molar-refractivity contribution in [1.82, 2.24) is 0 Å². The molecular formula is C15H14O2S2. The molecule has 1 fully saturated rings. The van der Waals surface area contributed by atoms with E-state index in [1.807, 2.05) is 47.8 Å². The molecule has 2 heterocycles. The Hall–Kier alpha value is -1.10. The number of carbonyl (C=O) groups is 1. The van der Waals surface area contributed by atoms with Crippen LogP contribution in [0, 0.1) is 0 Å². The predicted octanol–water partition coefficient (Wildman–Crippen LogP) is 3.94. The fourth-order valence-corrected chi connectivity index (χ4v) is 4.12. The monoisotopic (exact) mass is 290 g/mol. The molecule has 1 aromatic carbocycles. The summed E-state index contributed by atoms with van der Waals surface area (Å²) < 4.78 is 5.94. The van der Waals surface area contributed by atoms with E-state index in [4.69, 9.17) is 4.74 Å². The van der Waals surface area contributed by atoms with Crippen molar-refractivity contribution in [2.75, 3.05) is 12.4 Å². The van der Waals surface area contributed by atoms with E-state index in [-0.39, 0.29) is 5.78 Å². The summed E-state index contributed by atoms with van der Waals surface area (Å²) >= 11 is 3.22. The molecule has 0 amide bonds. The quantitative estimate of drug-likeness (QED) is 0.798. The largest absolute Gasteiger partial charge is 0.359 e. The smallest absolute Gasteiger partial charge is 0.176 e. The third-order valence-electron chi connectivity index (χ3n) is 3.16. The Labute approximate surface area is 120 Å². The van der Waals surface area contributed by atoms with Gasteiger partial charge >= 0.3 is 0 Å². The highest BCUT2D eigenvalue weighted by Gasteiger charge is 2.40. The molecule has 1 aliphatic rings. The molecule has 0 bridgehead atoms. The predicted molar refractivity (Wildman–Crippen MR) is 79.8 cm³/mol. The van der Waals surface area contributed by atoms with Crippen LogP contribution >= 0.6 is 23.1 Å². The lowest BCUT2D eigenvalue weighted by atomic mass is 10.0. The average molecular weight is 290 g/mol. The molecule has 3 rings (SSSR count). The van der Waals surface area contributed by atoms with Crippen LogP contribution in [0.1, 0.15) is 21.7 Å². The fourth-order valence-electron chi connectivity index (χ4n) is 2.25. The van der Waals surface area contributed by atoms with Gasteiger partial charge in [-0.25, -0.2) is 0 Å². The second kappa shape index (κ2) is 5.49. The summed E-state index contributed by atoms with van der Waals surface area (Å²) in [6, 6.07) is 13.9. The molecule has 1 unspecified atom stereocenters. The maximum absolute atomic E-state index is 12.4. The number of hydrogen-bond donors (Lipinski definition) is 0. The molecule has 1 saturated heterocycles. The Kier molecular flexibility index (Phi) is 3.73. The molecule has 19 heavy (non-hydrogen) atoms. The van der Waals surface area contributed by atoms with Gasteiger partial charge in [-0.15, -0.1) is 23.1 Å². The van der Waals surface area contributed by atoms with Crippen molar-refractivity contribution in [1.29, 1.82) is 0 Å². The lowest BCUT2D eigenvalue weighted by Gasteiger charge is -2.27. The summed E-state index contributed by atoms with van der Waals surface area (Å²) in [5.74, 6) is 1.10. The van der Waals surface area contributed by atoms with E-state index >= 15 is 0 Å². The molecule has 0 radical (unpaired) electrons. The van der Waals surface area contributed by atoms with Crippen molar-refractivity contribution in [2.24, 2.45) is 0 Å². The number of thiophene rings is 1. The highest BCUT2D eigenvalue weighted by molar-refractivity contribution is 8.00. The first-order chi connectivity index (χ1) is 9.30. The minimum atomic E-state index is -0.498. The molecule has 0 saturated carbocycles. The number of thioether (sulfide) groups is 1. The molecule has 1 aromatic heterocycles. The number of ketones is 1. The number of rotatable bonds is 4. The summed E-state index contributed by atoms with van der Waals surface area (Å²) in [5, 5.41) is 1.94. The first kappa shape index (κ1) is 12.9. The second-order valence-corrected chi connectivity index (χ2v) is 6.70. The van der Waals surface area contributed by atoms with Gasteiger partial charge in [0.15, 0.2) is 5.78 Å². The molecule has 0 aliphatic carbocycles. The van der Waals surface area contributed by atoms with Gasteiger partial charge < -0.3 is 4.74 Å². The maximum Gasteiger partial charge on any atom is 0.176 e. The van der Waals surface area contributed by atoms with Crippen LogP contribution in [-0.2, 0) is 9.67 Å². The van der Waals surface area contributed by atoms with Gasteiger partial charge in [-0.1, -0.05) is 36.4 Å². The standard InChI is InChI=1S/C15H14O2S2/c16-13(14-7-4-9-18-14)11-15(17-8-10-19-15)12-5-2-1-3-6-12/h1-7,9H,8,10-11H2. The lowest BCUT2D eigenvalue weighted by Crippen LogP contribution is -2.25. The van der Waals surface area contributed by atoms with E-state index < -0.39 is 4.93 Å². The van der Waals surface area contributed by atoms with Crippen molar-refractivity contribution < 1.29 is 9.53 Å². The normalized spacial score (nSPS) is 22.5. The van der Waals surface area contributed by atoms with E-state index in [1.54, 1.807) is 11.8 Å². The Morgan fingerprint density at radius 2 is 2.05 bits per heavy atom. The summed E-state index contributed by atoms with van der Waals surface area (Å²) in [5.41, 5.74) is 1.09. The lowest BCUT2D eigenvalue weighted by molar-refractivity contribution is 0.0401. The number of carbonyl (C=O) groups excluding carboxylic acids is 1. The topological polar surface area (TPSA) is 26.3 Å². The van der Waals surface area contributed by atoms with Crippen LogP contribution in [0.2, 0.25) is 0 Å². The van der Waals surface area contributed by atoms with Crippen molar-refractivity contribution in [3.05, 3.63) is 58.3 Å². The SMILES string of the molecule is O=C(CC1(c2ccccc2)OCCS1)c1cccs1. The van der Waals surface area contributed by atoms with Gasteiger partial charge in [-0.3, -0.25) is 4.79 Å². The molecule has 0 spiro atoms. The van der Waals surface area contributed by atoms with E-state index in [0.29, 0.717) is 13.0 Å². The zero-order valence-electron chi connectivity index (χ0n) is 10.4. The Balaban J connectivity index is 1.88. The van der Waals surface area contributed by atoms with Gasteiger partial charge in [-0.2, -0.15) is 0 Å². The zero-order chi connectivity index (χ0) is 13.1. The third kappa shape index (κ3) is 2.61.